The number of unbranched alkanes of at least 4 members (excludes halogenated alkanes) is 2. The van der Waals surface area contributed by atoms with Crippen LogP contribution in [-0.2, 0) is 28.1 Å². The SMILES string of the molecule is CCc1ccccc1C(O)(C(=O)OCC1CCN(Cc2ccccc2)CC1)c1cccc(OCCCCCNC[C@H](O)c2ccc(O)c3[nH]c(=O)ccc23)c1. The zero-order chi connectivity index (χ0) is 38.6. The van der Waals surface area contributed by atoms with Crippen LogP contribution in [0.4, 0.5) is 0 Å². The van der Waals surface area contributed by atoms with E-state index in [9.17, 15) is 24.9 Å². The predicted octanol–water partition coefficient (Wildman–Crippen LogP) is 6.36. The number of rotatable bonds is 18. The summed E-state index contributed by atoms with van der Waals surface area (Å²) in [5, 5.41) is 37.2. The maximum Gasteiger partial charge on any atom is 0.347 e. The molecular formula is C45H53N3O7. The van der Waals surface area contributed by atoms with Crippen LogP contribution < -0.4 is 15.6 Å². The molecule has 0 radical (unpaired) electrons. The quantitative estimate of drug-likeness (QED) is 0.0511. The van der Waals surface area contributed by atoms with Crippen molar-refractivity contribution in [1.82, 2.24) is 15.2 Å². The number of likely N-dealkylation sites (tertiary alicyclic amines) is 1. The van der Waals surface area contributed by atoms with Crippen LogP contribution in [0.1, 0.15) is 72.9 Å². The maximum absolute atomic E-state index is 14.0. The molecule has 0 saturated carbocycles. The number of hydrogen-bond acceptors (Lipinski definition) is 9. The van der Waals surface area contributed by atoms with Crippen LogP contribution in [0.15, 0.2) is 108 Å². The number of ether oxygens (including phenoxy) is 2. The lowest BCUT2D eigenvalue weighted by atomic mass is 9.83. The van der Waals surface area contributed by atoms with E-state index in [-0.39, 0.29) is 23.8 Å². The Morgan fingerprint density at radius 3 is 2.53 bits per heavy atom. The zero-order valence-electron chi connectivity index (χ0n) is 31.6. The van der Waals surface area contributed by atoms with Gasteiger partial charge in [0.15, 0.2) is 0 Å². The third kappa shape index (κ3) is 10.0. The van der Waals surface area contributed by atoms with Gasteiger partial charge in [-0.25, -0.2) is 4.79 Å². The maximum atomic E-state index is 14.0. The van der Waals surface area contributed by atoms with Gasteiger partial charge in [-0.3, -0.25) is 9.69 Å². The highest BCUT2D eigenvalue weighted by atomic mass is 16.5. The first-order valence-corrected chi connectivity index (χ1v) is 19.5. The van der Waals surface area contributed by atoms with E-state index in [2.05, 4.69) is 39.5 Å². The number of H-pyrrole nitrogens is 1. The molecule has 4 aromatic carbocycles. The normalized spacial score (nSPS) is 15.4. The molecule has 5 aromatic rings. The highest BCUT2D eigenvalue weighted by molar-refractivity contribution is 5.87. The lowest BCUT2D eigenvalue weighted by Crippen LogP contribution is -2.41. The number of aromatic nitrogens is 1. The van der Waals surface area contributed by atoms with Gasteiger partial charge in [0.25, 0.3) is 0 Å². The predicted molar refractivity (Wildman–Crippen MR) is 214 cm³/mol. The number of esters is 1. The molecule has 1 fully saturated rings. The van der Waals surface area contributed by atoms with Crippen LogP contribution in [0.2, 0.25) is 0 Å². The van der Waals surface area contributed by atoms with Crippen LogP contribution in [0.25, 0.3) is 10.9 Å². The number of aromatic hydroxyl groups is 1. The number of phenolic OH excluding ortho intramolecular Hbond substituents is 1. The second-order valence-corrected chi connectivity index (χ2v) is 14.5. The topological polar surface area (TPSA) is 144 Å². The van der Waals surface area contributed by atoms with Crippen molar-refractivity contribution in [2.45, 2.75) is 63.7 Å². The summed E-state index contributed by atoms with van der Waals surface area (Å²) < 4.78 is 12.1. The Hall–Kier alpha value is -5.00. The number of carbonyl (C=O) groups excluding carboxylic acids is 1. The molecule has 1 saturated heterocycles. The molecule has 2 atom stereocenters. The Morgan fingerprint density at radius 1 is 0.945 bits per heavy atom. The third-order valence-corrected chi connectivity index (χ3v) is 10.6. The summed E-state index contributed by atoms with van der Waals surface area (Å²) >= 11 is 0. The molecule has 0 amide bonds. The number of nitrogens with zero attached hydrogens (tertiary/aromatic N) is 1. The van der Waals surface area contributed by atoms with Crippen molar-refractivity contribution in [2.75, 3.05) is 39.4 Å². The summed E-state index contributed by atoms with van der Waals surface area (Å²) in [6, 6.07) is 31.2. The molecule has 290 valence electrons. The summed E-state index contributed by atoms with van der Waals surface area (Å²) in [5.41, 5.74) is 1.71. The zero-order valence-corrected chi connectivity index (χ0v) is 31.6. The summed E-state index contributed by atoms with van der Waals surface area (Å²) in [7, 11) is 0. The number of hydrogen-bond donors (Lipinski definition) is 5. The lowest BCUT2D eigenvalue weighted by molar-refractivity contribution is -0.164. The number of nitrogens with one attached hydrogen (secondary N) is 2. The monoisotopic (exact) mass is 747 g/mol. The second-order valence-electron chi connectivity index (χ2n) is 14.5. The van der Waals surface area contributed by atoms with Crippen molar-refractivity contribution < 1.29 is 29.6 Å². The second kappa shape index (κ2) is 19.0. The Labute approximate surface area is 322 Å². The standard InChI is InChI=1S/C45H53N3O7/c1-2-34-14-7-8-17-39(34)45(53,44(52)55-31-33-22-25-48(26-23-33)30-32-12-5-3-6-13-32)35-15-11-16-36(28-35)54-27-10-4-9-24-46-29-41(50)37-18-20-40(49)43-38(37)19-21-42(51)47-43/h3,5-8,11-21,28,33,41,46,49-50,53H,2,4,9-10,22-27,29-31H2,1H3,(H,47,51)/t41-,45?/m0/s1. The number of aromatic amines is 1. The minimum absolute atomic E-state index is 0.0394. The Bertz CT molecular complexity index is 2060. The number of pyridine rings is 1. The van der Waals surface area contributed by atoms with Crippen molar-refractivity contribution in [3.63, 3.8) is 0 Å². The number of carbonyl (C=O) groups is 1. The van der Waals surface area contributed by atoms with Gasteiger partial charge in [0.05, 0.1) is 24.8 Å². The van der Waals surface area contributed by atoms with E-state index in [1.165, 1.54) is 17.7 Å². The van der Waals surface area contributed by atoms with Gasteiger partial charge < -0.3 is 35.1 Å². The molecule has 1 aromatic heterocycles. The van der Waals surface area contributed by atoms with Crippen molar-refractivity contribution in [2.24, 2.45) is 5.92 Å². The molecule has 10 nitrogen and oxygen atoms in total. The van der Waals surface area contributed by atoms with E-state index in [0.29, 0.717) is 59.5 Å². The summed E-state index contributed by atoms with van der Waals surface area (Å²) in [5.74, 6) is 0.0715. The first-order valence-electron chi connectivity index (χ1n) is 19.5. The lowest BCUT2D eigenvalue weighted by Gasteiger charge is -2.33. The van der Waals surface area contributed by atoms with Crippen LogP contribution in [-0.4, -0.2) is 70.6 Å². The molecule has 0 aliphatic carbocycles. The third-order valence-electron chi connectivity index (χ3n) is 10.6. The molecule has 0 bridgehead atoms. The number of phenols is 1. The molecule has 1 aliphatic rings. The first-order chi connectivity index (χ1) is 26.8. The van der Waals surface area contributed by atoms with E-state index in [0.717, 1.165) is 57.3 Å². The molecule has 10 heteroatoms. The van der Waals surface area contributed by atoms with Crippen molar-refractivity contribution in [3.8, 4) is 11.5 Å². The van der Waals surface area contributed by atoms with E-state index < -0.39 is 17.7 Å². The number of piperidine rings is 1. The van der Waals surface area contributed by atoms with Gasteiger partial charge in [0, 0.05) is 35.7 Å². The van der Waals surface area contributed by atoms with Crippen LogP contribution in [0, 0.1) is 5.92 Å². The Kier molecular flexibility index (Phi) is 13.7. The number of fused-ring (bicyclic) bond motifs is 1. The highest BCUT2D eigenvalue weighted by Crippen LogP contribution is 2.36. The van der Waals surface area contributed by atoms with Gasteiger partial charge in [-0.2, -0.15) is 0 Å². The summed E-state index contributed by atoms with van der Waals surface area (Å²) in [6.07, 6.45) is 4.22. The molecule has 1 unspecified atom stereocenters. The van der Waals surface area contributed by atoms with E-state index in [1.807, 2.05) is 37.3 Å². The van der Waals surface area contributed by atoms with Gasteiger partial charge in [-0.05, 0) is 105 Å². The van der Waals surface area contributed by atoms with Gasteiger partial charge >= 0.3 is 5.97 Å². The van der Waals surface area contributed by atoms with Crippen LogP contribution >= 0.6 is 0 Å². The fraction of sp³-hybridized carbons (Fsp3) is 0.378. The number of aliphatic hydroxyl groups excluding tert-OH is 1. The van der Waals surface area contributed by atoms with Crippen molar-refractivity contribution in [1.29, 1.82) is 0 Å². The fourth-order valence-electron chi connectivity index (χ4n) is 7.44. The Morgan fingerprint density at radius 2 is 1.73 bits per heavy atom. The summed E-state index contributed by atoms with van der Waals surface area (Å²) in [6.45, 7) is 6.52. The van der Waals surface area contributed by atoms with Gasteiger partial charge in [-0.1, -0.05) is 79.7 Å². The van der Waals surface area contributed by atoms with Gasteiger partial charge in [0.1, 0.15) is 11.5 Å². The van der Waals surface area contributed by atoms with Crippen molar-refractivity contribution in [3.05, 3.63) is 141 Å². The van der Waals surface area contributed by atoms with E-state index >= 15 is 0 Å². The van der Waals surface area contributed by atoms with Gasteiger partial charge in [0.2, 0.25) is 11.2 Å². The molecule has 0 spiro atoms. The summed E-state index contributed by atoms with van der Waals surface area (Å²) in [4.78, 5) is 30.8. The minimum atomic E-state index is -2.00. The number of aliphatic hydroxyl groups is 2. The largest absolute Gasteiger partial charge is 0.506 e. The smallest absolute Gasteiger partial charge is 0.347 e. The average molecular weight is 748 g/mol. The Balaban J connectivity index is 0.994. The minimum Gasteiger partial charge on any atom is -0.506 e. The molecule has 6 rings (SSSR count). The number of benzene rings is 4. The van der Waals surface area contributed by atoms with E-state index in [4.69, 9.17) is 9.47 Å². The fourth-order valence-corrected chi connectivity index (χ4v) is 7.44. The molecule has 1 aliphatic heterocycles. The van der Waals surface area contributed by atoms with Crippen molar-refractivity contribution >= 4 is 16.9 Å². The average Bonchev–Trinajstić information content (AvgIpc) is 3.21. The van der Waals surface area contributed by atoms with E-state index in [1.54, 1.807) is 36.4 Å². The molecule has 5 N–H and O–H groups in total. The molecular weight excluding hydrogens is 695 g/mol. The first kappa shape index (κ1) is 39.7. The van der Waals surface area contributed by atoms with Crippen LogP contribution in [0.5, 0.6) is 11.5 Å². The van der Waals surface area contributed by atoms with Gasteiger partial charge in [-0.15, -0.1) is 0 Å². The molecule has 55 heavy (non-hydrogen) atoms. The van der Waals surface area contributed by atoms with Crippen LogP contribution in [0.3, 0.4) is 0 Å². The highest BCUT2D eigenvalue weighted by Gasteiger charge is 2.43. The molecule has 2 heterocycles. The number of aryl methyl sites for hydroxylation is 1.